The van der Waals surface area contributed by atoms with Crippen molar-refractivity contribution in [1.82, 2.24) is 4.90 Å². The van der Waals surface area contributed by atoms with Gasteiger partial charge in [-0.25, -0.2) is 0 Å². The van der Waals surface area contributed by atoms with Crippen LogP contribution in [0.25, 0.3) is 0 Å². The lowest BCUT2D eigenvalue weighted by atomic mass is 10.1. The van der Waals surface area contributed by atoms with Crippen LogP contribution in [0.3, 0.4) is 0 Å². The lowest BCUT2D eigenvalue weighted by molar-refractivity contribution is -0.134. The normalized spacial score (nSPS) is 16.4. The van der Waals surface area contributed by atoms with E-state index in [2.05, 4.69) is 6.07 Å². The number of nitrogens with zero attached hydrogens (tertiary/aromatic N) is 1. The molecule has 1 amide bonds. The molecular formula is C12H14NO2. The number of amides is 1. The van der Waals surface area contributed by atoms with Crippen LogP contribution in [0.4, 0.5) is 0 Å². The average molecular weight is 204 g/mol. The number of rotatable bonds is 2. The Kier molecular flexibility index (Phi) is 3.35. The maximum absolute atomic E-state index is 11.8. The van der Waals surface area contributed by atoms with Crippen LogP contribution in [0.15, 0.2) is 24.3 Å². The summed E-state index contributed by atoms with van der Waals surface area (Å²) in [6.45, 7) is 2.75. The van der Waals surface area contributed by atoms with E-state index in [0.717, 1.165) is 18.7 Å². The van der Waals surface area contributed by atoms with Gasteiger partial charge >= 0.3 is 0 Å². The second-order valence-electron chi connectivity index (χ2n) is 3.58. The highest BCUT2D eigenvalue weighted by atomic mass is 16.5. The van der Waals surface area contributed by atoms with Crippen LogP contribution < -0.4 is 0 Å². The largest absolute Gasteiger partial charge is 0.378 e. The summed E-state index contributed by atoms with van der Waals surface area (Å²) in [6, 6.07) is 10.5. The molecule has 79 valence electrons. The summed E-state index contributed by atoms with van der Waals surface area (Å²) < 4.78 is 5.20. The highest BCUT2D eigenvalue weighted by Crippen LogP contribution is 2.04. The number of hydrogen-bond acceptors (Lipinski definition) is 2. The van der Waals surface area contributed by atoms with E-state index in [0.29, 0.717) is 19.6 Å². The summed E-state index contributed by atoms with van der Waals surface area (Å²) in [4.78, 5) is 13.7. The summed E-state index contributed by atoms with van der Waals surface area (Å²) >= 11 is 0. The number of ether oxygens (including phenoxy) is 1. The molecule has 0 unspecified atom stereocenters. The van der Waals surface area contributed by atoms with Gasteiger partial charge in [-0.3, -0.25) is 4.79 Å². The second kappa shape index (κ2) is 4.94. The van der Waals surface area contributed by atoms with Crippen molar-refractivity contribution in [3.63, 3.8) is 0 Å². The molecule has 2 rings (SSSR count). The third-order valence-electron chi connectivity index (χ3n) is 2.49. The molecule has 0 saturated carbocycles. The van der Waals surface area contributed by atoms with Crippen LogP contribution in [0.2, 0.25) is 0 Å². The minimum absolute atomic E-state index is 0.179. The quantitative estimate of drug-likeness (QED) is 0.716. The van der Waals surface area contributed by atoms with E-state index >= 15 is 0 Å². The Morgan fingerprint density at radius 1 is 1.47 bits per heavy atom. The molecule has 15 heavy (non-hydrogen) atoms. The predicted octanol–water partition coefficient (Wildman–Crippen LogP) is 0.888. The maximum atomic E-state index is 11.8. The highest BCUT2D eigenvalue weighted by Gasteiger charge is 2.16. The summed E-state index contributed by atoms with van der Waals surface area (Å²) in [6.07, 6.45) is 0.470. The molecule has 1 saturated heterocycles. The first-order chi connectivity index (χ1) is 7.36. The Bertz CT molecular complexity index is 318. The lowest BCUT2D eigenvalue weighted by Crippen LogP contribution is -2.41. The van der Waals surface area contributed by atoms with E-state index in [1.807, 2.05) is 29.2 Å². The highest BCUT2D eigenvalue weighted by molar-refractivity contribution is 5.78. The Hall–Kier alpha value is -1.35. The van der Waals surface area contributed by atoms with E-state index in [1.54, 1.807) is 0 Å². The zero-order valence-corrected chi connectivity index (χ0v) is 8.61. The number of benzene rings is 1. The molecule has 3 heteroatoms. The van der Waals surface area contributed by atoms with Gasteiger partial charge in [0.15, 0.2) is 0 Å². The molecule has 3 nitrogen and oxygen atoms in total. The molecular weight excluding hydrogens is 190 g/mol. The SMILES string of the molecule is O=C(Cc1c[c]ccc1)N1CCOCC1. The third-order valence-corrected chi connectivity index (χ3v) is 2.49. The van der Waals surface area contributed by atoms with Crippen molar-refractivity contribution in [2.75, 3.05) is 26.3 Å². The van der Waals surface area contributed by atoms with Gasteiger partial charge in [0.25, 0.3) is 0 Å². The molecule has 1 aliphatic rings. The van der Waals surface area contributed by atoms with Crippen LogP contribution in [0.5, 0.6) is 0 Å². The minimum atomic E-state index is 0.179. The van der Waals surface area contributed by atoms with E-state index in [9.17, 15) is 4.79 Å². The molecule has 0 spiro atoms. The van der Waals surface area contributed by atoms with Crippen LogP contribution in [0.1, 0.15) is 5.56 Å². The lowest BCUT2D eigenvalue weighted by Gasteiger charge is -2.26. The van der Waals surface area contributed by atoms with Gasteiger partial charge in [-0.1, -0.05) is 24.3 Å². The Labute approximate surface area is 89.7 Å². The van der Waals surface area contributed by atoms with E-state index in [4.69, 9.17) is 4.74 Å². The molecule has 1 radical (unpaired) electrons. The van der Waals surface area contributed by atoms with Crippen molar-refractivity contribution in [1.29, 1.82) is 0 Å². The van der Waals surface area contributed by atoms with Crippen molar-refractivity contribution in [2.45, 2.75) is 6.42 Å². The van der Waals surface area contributed by atoms with Crippen LogP contribution in [-0.4, -0.2) is 37.1 Å². The van der Waals surface area contributed by atoms with Gasteiger partial charge in [-0.15, -0.1) is 0 Å². The molecule has 0 N–H and O–H groups in total. The first-order valence-electron chi connectivity index (χ1n) is 5.17. The molecule has 1 aromatic rings. The molecule has 1 heterocycles. The number of hydrogen-bond donors (Lipinski definition) is 0. The molecule has 0 atom stereocenters. The van der Waals surface area contributed by atoms with Gasteiger partial charge in [-0.2, -0.15) is 0 Å². The smallest absolute Gasteiger partial charge is 0.227 e. The van der Waals surface area contributed by atoms with Crippen LogP contribution in [0, 0.1) is 6.07 Å². The van der Waals surface area contributed by atoms with E-state index < -0.39 is 0 Å². The molecule has 1 aliphatic heterocycles. The average Bonchev–Trinajstić information content (AvgIpc) is 2.31. The predicted molar refractivity (Wildman–Crippen MR) is 56.4 cm³/mol. The Balaban J connectivity index is 1.91. The zero-order valence-electron chi connectivity index (χ0n) is 8.61. The van der Waals surface area contributed by atoms with Crippen LogP contribution >= 0.6 is 0 Å². The summed E-state index contributed by atoms with van der Waals surface area (Å²) in [5.74, 6) is 0.179. The van der Waals surface area contributed by atoms with Crippen molar-refractivity contribution in [3.05, 3.63) is 35.9 Å². The Morgan fingerprint density at radius 2 is 2.27 bits per heavy atom. The van der Waals surface area contributed by atoms with Gasteiger partial charge in [0.1, 0.15) is 0 Å². The number of carbonyl (C=O) groups is 1. The molecule has 1 fully saturated rings. The van der Waals surface area contributed by atoms with Crippen molar-refractivity contribution in [2.24, 2.45) is 0 Å². The molecule has 0 bridgehead atoms. The van der Waals surface area contributed by atoms with E-state index in [-0.39, 0.29) is 5.91 Å². The molecule has 1 aromatic carbocycles. The number of morpholine rings is 1. The third kappa shape index (κ3) is 2.80. The van der Waals surface area contributed by atoms with Crippen LogP contribution in [-0.2, 0) is 16.0 Å². The summed E-state index contributed by atoms with van der Waals surface area (Å²) in [7, 11) is 0. The fourth-order valence-electron chi connectivity index (χ4n) is 1.64. The monoisotopic (exact) mass is 204 g/mol. The van der Waals surface area contributed by atoms with Gasteiger partial charge in [-0.05, 0) is 11.6 Å². The topological polar surface area (TPSA) is 29.5 Å². The fourth-order valence-corrected chi connectivity index (χ4v) is 1.64. The van der Waals surface area contributed by atoms with Crippen molar-refractivity contribution < 1.29 is 9.53 Å². The first kappa shape index (κ1) is 10.2. The zero-order chi connectivity index (χ0) is 10.5. The van der Waals surface area contributed by atoms with Crippen molar-refractivity contribution in [3.8, 4) is 0 Å². The van der Waals surface area contributed by atoms with Gasteiger partial charge in [0, 0.05) is 13.1 Å². The first-order valence-corrected chi connectivity index (χ1v) is 5.17. The van der Waals surface area contributed by atoms with Gasteiger partial charge in [0.2, 0.25) is 5.91 Å². The van der Waals surface area contributed by atoms with Crippen molar-refractivity contribution >= 4 is 5.91 Å². The minimum Gasteiger partial charge on any atom is -0.378 e. The Morgan fingerprint density at radius 3 is 2.93 bits per heavy atom. The number of carbonyl (C=O) groups excluding carboxylic acids is 1. The summed E-state index contributed by atoms with van der Waals surface area (Å²) in [5, 5.41) is 0. The second-order valence-corrected chi connectivity index (χ2v) is 3.58. The van der Waals surface area contributed by atoms with Gasteiger partial charge in [0.05, 0.1) is 19.6 Å². The fraction of sp³-hybridized carbons (Fsp3) is 0.417. The molecule has 0 aromatic heterocycles. The van der Waals surface area contributed by atoms with E-state index in [1.165, 1.54) is 0 Å². The van der Waals surface area contributed by atoms with Gasteiger partial charge < -0.3 is 9.64 Å². The maximum Gasteiger partial charge on any atom is 0.227 e. The summed E-state index contributed by atoms with van der Waals surface area (Å²) in [5.41, 5.74) is 1.02. The molecule has 0 aliphatic carbocycles. The standard InChI is InChI=1S/C12H14NO2/c14-12(13-6-8-15-9-7-13)10-11-4-2-1-3-5-11/h1-2,4-5H,6-10H2.